The molecule has 0 aliphatic carbocycles. The Kier molecular flexibility index (Phi) is 17.7. The van der Waals surface area contributed by atoms with Gasteiger partial charge >= 0.3 is 7.60 Å². The SMILES string of the molecule is CCCCN(CCCC)c1ccc(/C=C/c2cc[n+](CCCP(=O)(OOCC)OOCC)cc2)cc1.[Br-]. The number of aryl methyl sites for hydroxylation is 1. The van der Waals surface area contributed by atoms with Gasteiger partial charge in [0.1, 0.15) is 6.54 Å². The average molecular weight is 600 g/mol. The van der Waals surface area contributed by atoms with E-state index in [1.807, 2.05) is 17.0 Å². The summed E-state index contributed by atoms with van der Waals surface area (Å²) in [5.41, 5.74) is 3.60. The summed E-state index contributed by atoms with van der Waals surface area (Å²) < 4.78 is 24.6. The summed E-state index contributed by atoms with van der Waals surface area (Å²) in [7, 11) is -3.44. The number of hydrogen-bond donors (Lipinski definition) is 0. The van der Waals surface area contributed by atoms with Crippen molar-refractivity contribution in [3.8, 4) is 0 Å². The first-order chi connectivity index (χ1) is 17.5. The van der Waals surface area contributed by atoms with Crippen molar-refractivity contribution < 1.29 is 45.2 Å². The number of unbranched alkanes of at least 4 members (excludes halogenated alkanes) is 2. The maximum Gasteiger partial charge on any atom is 0.384 e. The van der Waals surface area contributed by atoms with Gasteiger partial charge in [0.05, 0.1) is 19.4 Å². The monoisotopic (exact) mass is 598 g/mol. The minimum Gasteiger partial charge on any atom is -1.00 e. The number of hydrogen-bond acceptors (Lipinski definition) is 6. The van der Waals surface area contributed by atoms with Gasteiger partial charge in [0.2, 0.25) is 0 Å². The van der Waals surface area contributed by atoms with E-state index in [4.69, 9.17) is 19.1 Å². The van der Waals surface area contributed by atoms with E-state index >= 15 is 0 Å². The van der Waals surface area contributed by atoms with Crippen molar-refractivity contribution in [2.24, 2.45) is 0 Å². The number of pyridine rings is 1. The lowest BCUT2D eigenvalue weighted by molar-refractivity contribution is -0.696. The summed E-state index contributed by atoms with van der Waals surface area (Å²) in [5.74, 6) is 0. The maximum absolute atomic E-state index is 12.6. The normalized spacial score (nSPS) is 11.6. The molecule has 2 rings (SSSR count). The van der Waals surface area contributed by atoms with Gasteiger partial charge in [0.15, 0.2) is 12.4 Å². The molecule has 1 heterocycles. The van der Waals surface area contributed by atoms with Gasteiger partial charge in [0, 0.05) is 37.3 Å². The Labute approximate surface area is 233 Å². The van der Waals surface area contributed by atoms with Crippen LogP contribution in [0.3, 0.4) is 0 Å². The highest BCUT2D eigenvalue weighted by molar-refractivity contribution is 7.53. The second-order valence-electron chi connectivity index (χ2n) is 8.64. The molecule has 0 amide bonds. The van der Waals surface area contributed by atoms with Gasteiger partial charge < -0.3 is 21.9 Å². The molecule has 0 atom stereocenters. The Morgan fingerprint density at radius 3 is 1.78 bits per heavy atom. The minimum absolute atomic E-state index is 0. The van der Waals surface area contributed by atoms with E-state index in [1.54, 1.807) is 13.8 Å². The van der Waals surface area contributed by atoms with Crippen molar-refractivity contribution in [3.05, 3.63) is 59.9 Å². The summed E-state index contributed by atoms with van der Waals surface area (Å²) in [5, 5.41) is 0. The smallest absolute Gasteiger partial charge is 0.384 e. The van der Waals surface area contributed by atoms with E-state index in [0.29, 0.717) is 13.0 Å². The fraction of sp³-hybridized carbons (Fsp3) is 0.536. The van der Waals surface area contributed by atoms with E-state index in [1.165, 1.54) is 36.9 Å². The first kappa shape index (κ1) is 33.5. The fourth-order valence-corrected chi connectivity index (χ4v) is 4.82. The largest absolute Gasteiger partial charge is 1.00 e. The van der Waals surface area contributed by atoms with Crippen LogP contribution in [-0.2, 0) is 30.2 Å². The Bertz CT molecular complexity index is 905. The van der Waals surface area contributed by atoms with Crippen LogP contribution in [0.15, 0.2) is 48.8 Å². The standard InChI is InChI=1S/C28H44N2O5P.BrH/c1-5-9-21-30(22-10-6-2)28-16-14-26(15-17-28)12-13-27-18-23-29(24-19-27)20-11-25-36(31,34-32-7-3)35-33-8-4;/h12-19,23-24H,5-11,20-22,25H2,1-4H3;1H/q+1;/p-1. The van der Waals surface area contributed by atoms with Crippen LogP contribution >= 0.6 is 7.60 Å². The molecule has 0 spiro atoms. The third-order valence-corrected chi connectivity index (χ3v) is 7.15. The predicted molar refractivity (Wildman–Crippen MR) is 147 cm³/mol. The highest BCUT2D eigenvalue weighted by Crippen LogP contribution is 2.49. The number of aromatic nitrogens is 1. The maximum atomic E-state index is 12.6. The van der Waals surface area contributed by atoms with Crippen molar-refractivity contribution in [1.29, 1.82) is 0 Å². The molecule has 0 fully saturated rings. The zero-order valence-corrected chi connectivity index (χ0v) is 25.3. The first-order valence-corrected chi connectivity index (χ1v) is 15.0. The first-order valence-electron chi connectivity index (χ1n) is 13.3. The van der Waals surface area contributed by atoms with Gasteiger partial charge in [-0.05, 0) is 49.9 Å². The van der Waals surface area contributed by atoms with Gasteiger partial charge in [0.25, 0.3) is 0 Å². The number of anilines is 1. The molecule has 0 aliphatic rings. The lowest BCUT2D eigenvalue weighted by Gasteiger charge is -2.24. The van der Waals surface area contributed by atoms with Crippen LogP contribution in [0.4, 0.5) is 5.69 Å². The molecule has 0 radical (unpaired) electrons. The third kappa shape index (κ3) is 13.2. The lowest BCUT2D eigenvalue weighted by Crippen LogP contribution is -3.00. The Morgan fingerprint density at radius 2 is 1.30 bits per heavy atom. The molecule has 1 aromatic heterocycles. The molecule has 9 heteroatoms. The zero-order valence-electron chi connectivity index (χ0n) is 22.8. The second-order valence-corrected chi connectivity index (χ2v) is 10.6. The van der Waals surface area contributed by atoms with E-state index < -0.39 is 7.60 Å². The molecule has 7 nitrogen and oxygen atoms in total. The molecular formula is C28H44BrN2O5P. The lowest BCUT2D eigenvalue weighted by atomic mass is 10.1. The number of rotatable bonds is 19. The quantitative estimate of drug-likeness (QED) is 0.105. The molecule has 0 aliphatic heterocycles. The van der Waals surface area contributed by atoms with Gasteiger partial charge in [-0.2, -0.15) is 0 Å². The number of benzene rings is 1. The van der Waals surface area contributed by atoms with Gasteiger partial charge in [-0.3, -0.25) is 4.57 Å². The predicted octanol–water partition coefficient (Wildman–Crippen LogP) is 4.07. The third-order valence-electron chi connectivity index (χ3n) is 5.62. The van der Waals surface area contributed by atoms with Gasteiger partial charge in [-0.1, -0.05) is 51.0 Å². The molecule has 1 aromatic carbocycles. The highest BCUT2D eigenvalue weighted by Gasteiger charge is 2.28. The van der Waals surface area contributed by atoms with Crippen molar-refractivity contribution in [1.82, 2.24) is 0 Å². The van der Waals surface area contributed by atoms with Crippen LogP contribution in [0, 0.1) is 0 Å². The summed E-state index contributed by atoms with van der Waals surface area (Å²) in [6.45, 7) is 11.5. The number of halogens is 1. The van der Waals surface area contributed by atoms with Crippen LogP contribution in [0.1, 0.15) is 70.9 Å². The molecule has 2 aromatic rings. The number of nitrogens with zero attached hydrogens (tertiary/aromatic N) is 2. The molecule has 0 bridgehead atoms. The Balaban J connectivity index is 0.00000684. The van der Waals surface area contributed by atoms with Crippen molar-refractivity contribution in [3.63, 3.8) is 0 Å². The van der Waals surface area contributed by atoms with Crippen LogP contribution in [0.5, 0.6) is 0 Å². The van der Waals surface area contributed by atoms with Crippen LogP contribution < -0.4 is 26.4 Å². The zero-order chi connectivity index (χ0) is 26.1. The average Bonchev–Trinajstić information content (AvgIpc) is 2.91. The Hall–Kier alpha value is -1.54. The minimum atomic E-state index is -3.44. The van der Waals surface area contributed by atoms with Crippen LogP contribution in [0.2, 0.25) is 0 Å². The fourth-order valence-electron chi connectivity index (χ4n) is 3.59. The highest BCUT2D eigenvalue weighted by atomic mass is 79.9. The summed E-state index contributed by atoms with van der Waals surface area (Å²) >= 11 is 0. The molecule has 37 heavy (non-hydrogen) atoms. The topological polar surface area (TPSA) is 61.1 Å². The summed E-state index contributed by atoms with van der Waals surface area (Å²) in [6.07, 6.45) is 14.0. The molecule has 0 saturated carbocycles. The van der Waals surface area contributed by atoms with Crippen molar-refractivity contribution >= 4 is 25.4 Å². The van der Waals surface area contributed by atoms with E-state index in [2.05, 4.69) is 67.3 Å². The van der Waals surface area contributed by atoms with Crippen molar-refractivity contribution in [2.75, 3.05) is 37.4 Å². The summed E-state index contributed by atoms with van der Waals surface area (Å²) in [4.78, 5) is 12.2. The van der Waals surface area contributed by atoms with Crippen molar-refractivity contribution in [2.45, 2.75) is 66.3 Å². The molecule has 208 valence electrons. The van der Waals surface area contributed by atoms with E-state index in [0.717, 1.165) is 18.7 Å². The molecule has 0 saturated heterocycles. The molecular weight excluding hydrogens is 555 g/mol. The molecule has 0 N–H and O–H groups in total. The van der Waals surface area contributed by atoms with E-state index in [9.17, 15) is 4.57 Å². The van der Waals surface area contributed by atoms with E-state index in [-0.39, 0.29) is 36.4 Å². The van der Waals surface area contributed by atoms with Gasteiger partial charge in [-0.15, -0.1) is 9.35 Å². The Morgan fingerprint density at radius 1 is 0.784 bits per heavy atom. The summed E-state index contributed by atoms with van der Waals surface area (Å²) in [6, 6.07) is 13.0. The second kappa shape index (κ2) is 19.5. The van der Waals surface area contributed by atoms with Crippen LogP contribution in [0.25, 0.3) is 12.2 Å². The van der Waals surface area contributed by atoms with Crippen LogP contribution in [-0.4, -0.2) is 32.5 Å². The van der Waals surface area contributed by atoms with Gasteiger partial charge in [-0.25, -0.2) is 14.3 Å². The molecule has 0 unspecified atom stereocenters.